The zero-order valence-corrected chi connectivity index (χ0v) is 18.5. The van der Waals surface area contributed by atoms with Crippen LogP contribution in [0.4, 0.5) is 4.39 Å². The molecule has 5 aromatic rings. The average Bonchev–Trinajstić information content (AvgIpc) is 3.42. The van der Waals surface area contributed by atoms with Crippen LogP contribution in [0.15, 0.2) is 91.2 Å². The molecule has 0 saturated carbocycles. The highest BCUT2D eigenvalue weighted by Gasteiger charge is 2.15. The smallest absolute Gasteiger partial charge is 0.123 e. The number of fused-ring (bicyclic) bond motifs is 2. The first-order valence-electron chi connectivity index (χ1n) is 10.8. The molecule has 162 valence electrons. The highest BCUT2D eigenvalue weighted by atomic mass is 19.1. The number of benzene rings is 2. The second-order valence-electron chi connectivity index (χ2n) is 8.09. The predicted molar refractivity (Wildman–Crippen MR) is 134 cm³/mol. The van der Waals surface area contributed by atoms with E-state index in [9.17, 15) is 4.39 Å². The molecule has 0 saturated heterocycles. The second kappa shape index (κ2) is 8.36. The maximum Gasteiger partial charge on any atom is 0.123 e. The number of aromatic nitrogens is 4. The lowest BCUT2D eigenvalue weighted by Gasteiger charge is -2.04. The zero-order valence-electron chi connectivity index (χ0n) is 18.5. The molecule has 0 atom stereocenters. The Morgan fingerprint density at radius 3 is 2.52 bits per heavy atom. The molecule has 0 fully saturated rings. The van der Waals surface area contributed by atoms with Crippen LogP contribution < -0.4 is 0 Å². The summed E-state index contributed by atoms with van der Waals surface area (Å²) in [6.07, 6.45) is 7.94. The van der Waals surface area contributed by atoms with Gasteiger partial charge in [0.05, 0.1) is 16.9 Å². The Morgan fingerprint density at radius 2 is 1.76 bits per heavy atom. The first-order valence-corrected chi connectivity index (χ1v) is 10.8. The van der Waals surface area contributed by atoms with Crippen LogP contribution in [0.25, 0.3) is 50.0 Å². The number of rotatable bonds is 5. The molecule has 0 spiro atoms. The van der Waals surface area contributed by atoms with Crippen LogP contribution in [0.1, 0.15) is 19.4 Å². The van der Waals surface area contributed by atoms with E-state index in [-0.39, 0.29) is 5.82 Å². The fourth-order valence-electron chi connectivity index (χ4n) is 4.09. The fourth-order valence-corrected chi connectivity index (χ4v) is 4.09. The highest BCUT2D eigenvalue weighted by molar-refractivity contribution is 6.00. The minimum Gasteiger partial charge on any atom is -0.353 e. The lowest BCUT2D eigenvalue weighted by Crippen LogP contribution is -1.84. The van der Waals surface area contributed by atoms with Crippen molar-refractivity contribution in [2.45, 2.75) is 13.8 Å². The fraction of sp³-hybridized carbons (Fsp3) is 0.0714. The SMILES string of the molecule is C=C(C)/C=C(\C=C/C)c1ccc2[nH]nc(-c3cc4c(-c5ccc(F)cc5)nccc4[nH]3)c2c1. The molecule has 0 unspecified atom stereocenters. The molecule has 4 nitrogen and oxygen atoms in total. The minimum absolute atomic E-state index is 0.266. The molecular weight excluding hydrogens is 411 g/mol. The first kappa shape index (κ1) is 20.6. The van der Waals surface area contributed by atoms with E-state index in [4.69, 9.17) is 0 Å². The Balaban J connectivity index is 1.65. The third-order valence-electron chi connectivity index (χ3n) is 5.57. The zero-order chi connectivity index (χ0) is 22.9. The van der Waals surface area contributed by atoms with Crippen LogP contribution in [0.2, 0.25) is 0 Å². The van der Waals surface area contributed by atoms with Crippen LogP contribution >= 0.6 is 0 Å². The summed E-state index contributed by atoms with van der Waals surface area (Å²) in [6.45, 7) is 8.02. The van der Waals surface area contributed by atoms with Crippen molar-refractivity contribution in [3.05, 3.63) is 103 Å². The van der Waals surface area contributed by atoms with Crippen LogP contribution in [0, 0.1) is 5.82 Å². The van der Waals surface area contributed by atoms with Crippen molar-refractivity contribution in [3.8, 4) is 22.6 Å². The van der Waals surface area contributed by atoms with E-state index in [0.717, 1.165) is 61.2 Å². The van der Waals surface area contributed by atoms with Gasteiger partial charge in [0.25, 0.3) is 0 Å². The van der Waals surface area contributed by atoms with Crippen molar-refractivity contribution in [1.29, 1.82) is 0 Å². The van der Waals surface area contributed by atoms with Gasteiger partial charge >= 0.3 is 0 Å². The summed E-state index contributed by atoms with van der Waals surface area (Å²) in [5.41, 5.74) is 8.48. The molecule has 5 rings (SSSR count). The lowest BCUT2D eigenvalue weighted by atomic mass is 10.0. The molecule has 0 amide bonds. The maximum absolute atomic E-state index is 13.4. The van der Waals surface area contributed by atoms with Gasteiger partial charge in [-0.05, 0) is 73.5 Å². The van der Waals surface area contributed by atoms with Gasteiger partial charge in [-0.15, -0.1) is 0 Å². The molecule has 0 aliphatic heterocycles. The molecule has 0 aliphatic carbocycles. The van der Waals surface area contributed by atoms with Crippen molar-refractivity contribution in [2.24, 2.45) is 0 Å². The van der Waals surface area contributed by atoms with Crippen LogP contribution in [0.3, 0.4) is 0 Å². The number of nitrogens with one attached hydrogen (secondary N) is 2. The molecule has 5 heteroatoms. The molecular formula is C28H23FN4. The summed E-state index contributed by atoms with van der Waals surface area (Å²) in [5.74, 6) is -0.266. The summed E-state index contributed by atoms with van der Waals surface area (Å²) in [5, 5.41) is 9.72. The third-order valence-corrected chi connectivity index (χ3v) is 5.57. The van der Waals surface area contributed by atoms with E-state index in [1.807, 2.05) is 32.1 Å². The number of aromatic amines is 2. The Labute approximate surface area is 191 Å². The predicted octanol–water partition coefficient (Wildman–Crippen LogP) is 7.45. The van der Waals surface area contributed by atoms with E-state index in [0.29, 0.717) is 0 Å². The first-order chi connectivity index (χ1) is 16.0. The summed E-state index contributed by atoms with van der Waals surface area (Å²) in [6, 6.07) is 16.7. The van der Waals surface area contributed by atoms with Gasteiger partial charge in [-0.1, -0.05) is 36.4 Å². The molecule has 2 aromatic carbocycles. The molecule has 0 bridgehead atoms. The van der Waals surface area contributed by atoms with Gasteiger partial charge in [0, 0.05) is 28.0 Å². The summed E-state index contributed by atoms with van der Waals surface area (Å²) >= 11 is 0. The van der Waals surface area contributed by atoms with Crippen molar-refractivity contribution < 1.29 is 4.39 Å². The van der Waals surface area contributed by atoms with Gasteiger partial charge in [0.2, 0.25) is 0 Å². The largest absolute Gasteiger partial charge is 0.353 e. The van der Waals surface area contributed by atoms with E-state index in [2.05, 4.69) is 57.1 Å². The maximum atomic E-state index is 13.4. The molecule has 3 aromatic heterocycles. The standard InChI is InChI=1S/C28H23FN4/c1-4-5-19(14-17(2)3)20-8-11-25-22(15-20)28(33-32-25)26-16-23-24(31-26)12-13-30-27(23)18-6-9-21(29)10-7-18/h4-16,31H,2H2,1,3H3,(H,32,33)/b5-4-,19-14+. The average molecular weight is 435 g/mol. The van der Waals surface area contributed by atoms with Crippen molar-refractivity contribution in [1.82, 2.24) is 20.2 Å². The number of nitrogens with zero attached hydrogens (tertiary/aromatic N) is 2. The van der Waals surface area contributed by atoms with E-state index >= 15 is 0 Å². The number of H-pyrrole nitrogens is 2. The molecule has 33 heavy (non-hydrogen) atoms. The van der Waals surface area contributed by atoms with Gasteiger partial charge < -0.3 is 4.98 Å². The number of hydrogen-bond acceptors (Lipinski definition) is 2. The molecule has 2 N–H and O–H groups in total. The van der Waals surface area contributed by atoms with E-state index in [1.165, 1.54) is 12.1 Å². The summed E-state index contributed by atoms with van der Waals surface area (Å²) in [4.78, 5) is 8.03. The number of halogens is 1. The third kappa shape index (κ3) is 3.89. The van der Waals surface area contributed by atoms with Crippen LogP contribution in [-0.4, -0.2) is 20.2 Å². The van der Waals surface area contributed by atoms with Gasteiger partial charge in [0.1, 0.15) is 11.5 Å². The van der Waals surface area contributed by atoms with Gasteiger partial charge in [-0.25, -0.2) is 4.39 Å². The van der Waals surface area contributed by atoms with Crippen LogP contribution in [0.5, 0.6) is 0 Å². The Morgan fingerprint density at radius 1 is 0.970 bits per heavy atom. The Hall–Kier alpha value is -4.25. The van der Waals surface area contributed by atoms with E-state index in [1.54, 1.807) is 18.3 Å². The minimum atomic E-state index is -0.266. The molecule has 0 aliphatic rings. The Kier molecular flexibility index (Phi) is 5.23. The van der Waals surface area contributed by atoms with Crippen molar-refractivity contribution >= 4 is 27.4 Å². The normalized spacial score (nSPS) is 12.3. The monoisotopic (exact) mass is 434 g/mol. The Bertz CT molecular complexity index is 1550. The molecule has 0 radical (unpaired) electrons. The summed E-state index contributed by atoms with van der Waals surface area (Å²) < 4.78 is 13.4. The van der Waals surface area contributed by atoms with Crippen LogP contribution in [-0.2, 0) is 0 Å². The van der Waals surface area contributed by atoms with Crippen molar-refractivity contribution in [3.63, 3.8) is 0 Å². The van der Waals surface area contributed by atoms with Gasteiger partial charge in [0.15, 0.2) is 0 Å². The van der Waals surface area contributed by atoms with Crippen molar-refractivity contribution in [2.75, 3.05) is 0 Å². The van der Waals surface area contributed by atoms with E-state index < -0.39 is 0 Å². The second-order valence-corrected chi connectivity index (χ2v) is 8.09. The number of allylic oxidation sites excluding steroid dienone is 5. The number of pyridine rings is 1. The highest BCUT2D eigenvalue weighted by Crippen LogP contribution is 2.34. The lowest BCUT2D eigenvalue weighted by molar-refractivity contribution is 0.628. The topological polar surface area (TPSA) is 57.4 Å². The molecule has 3 heterocycles. The van der Waals surface area contributed by atoms with Gasteiger partial charge in [-0.2, -0.15) is 5.10 Å². The quantitative estimate of drug-likeness (QED) is 0.282. The van der Waals surface area contributed by atoms with Gasteiger partial charge in [-0.3, -0.25) is 10.1 Å². The summed E-state index contributed by atoms with van der Waals surface area (Å²) in [7, 11) is 0. The number of hydrogen-bond donors (Lipinski definition) is 2.